The van der Waals surface area contributed by atoms with Crippen molar-refractivity contribution >= 4 is 56.0 Å². The van der Waals surface area contributed by atoms with Crippen LogP contribution in [-0.2, 0) is 35.1 Å². The second-order valence-electron chi connectivity index (χ2n) is 20.5. The maximum atomic E-state index is 14.8. The van der Waals surface area contributed by atoms with Crippen molar-refractivity contribution in [3.05, 3.63) is 52.5 Å². The van der Waals surface area contributed by atoms with Crippen molar-refractivity contribution in [1.29, 1.82) is 0 Å². The molecule has 1 aromatic heterocycles. The van der Waals surface area contributed by atoms with Crippen LogP contribution in [0.4, 0.5) is 0 Å². The molecule has 13 heteroatoms. The summed E-state index contributed by atoms with van der Waals surface area (Å²) in [6.07, 6.45) is 4.47. The molecule has 0 spiro atoms. The first-order valence-corrected chi connectivity index (χ1v) is 31.6. The molecule has 2 aromatic rings. The third kappa shape index (κ3) is 14.0. The van der Waals surface area contributed by atoms with Gasteiger partial charge in [0.15, 0.2) is 0 Å². The van der Waals surface area contributed by atoms with Crippen molar-refractivity contribution in [2.24, 2.45) is 23.7 Å². The number of likely N-dealkylation sites (N-methyl/N-ethyl adjacent to an activating group) is 1. The number of methoxy groups -OCH3 is 2. The minimum absolute atomic E-state index is 0.0168. The molecule has 2 N–H and O–H groups in total. The van der Waals surface area contributed by atoms with E-state index in [-0.39, 0.29) is 79.0 Å². The molecule has 354 valence electrons. The molecule has 2 heterocycles. The summed E-state index contributed by atoms with van der Waals surface area (Å²) in [7, 11) is 7.25. The Kier molecular flexibility index (Phi) is 21.7. The molecule has 0 radical (unpaired) electrons. The average molecular weight is 998 g/mol. The topological polar surface area (TPSA) is 130 Å². The third-order valence-corrected chi connectivity index (χ3v) is 27.3. The molecule has 1 aliphatic heterocycles. The predicted octanol–water partition coefficient (Wildman–Crippen LogP) is 8.46. The van der Waals surface area contributed by atoms with E-state index in [1.165, 1.54) is 11.3 Å². The number of carbonyl (C=O) groups is 4. The van der Waals surface area contributed by atoms with E-state index in [2.05, 4.69) is 85.8 Å². The zero-order valence-corrected chi connectivity index (χ0v) is 46.1. The van der Waals surface area contributed by atoms with Crippen LogP contribution in [0.5, 0.6) is 0 Å². The van der Waals surface area contributed by atoms with E-state index in [4.69, 9.17) is 9.47 Å². The molecule has 0 saturated carbocycles. The molecule has 3 rings (SSSR count). The Morgan fingerprint density at radius 3 is 2.11 bits per heavy atom. The van der Waals surface area contributed by atoms with Crippen molar-refractivity contribution in [2.45, 2.75) is 175 Å². The summed E-state index contributed by atoms with van der Waals surface area (Å²) >= 11 is -1.37. The fourth-order valence-corrected chi connectivity index (χ4v) is 21.5. The standard InChI is InChI=1S/C32H48N3O4S.C17H33N2O2.CH3.In/c1-8-22(2)19-25(38-6)21-28(36)32(4,5)35-17-12-15-27(35)29(39-7)23(3)30(37)34-26(31-33-16-18-40-31)20-24-13-10-9-11-14-24;1-10-13(20)14(11(2)3)18-17(6,7)16(21)15(12(4)5)19(8)9;;/h9-11,13-14,16,18-19,22-23,25-27,29H,8,12,15,17,20-21H2,1-7H3,(H,34,37);10-12,14-15,18H,1-9H3;1H3;/t22-,23?,25?,26?,27?,29?;;;/m0.../s1. The van der Waals surface area contributed by atoms with E-state index < -0.39 is 50.6 Å². The zero-order valence-electron chi connectivity index (χ0n) is 42.0. The van der Waals surface area contributed by atoms with Crippen LogP contribution < -0.4 is 10.6 Å². The molecule has 1 amide bonds. The first kappa shape index (κ1) is 55.3. The van der Waals surface area contributed by atoms with Gasteiger partial charge in [0.05, 0.1) is 0 Å². The number of nitrogens with one attached hydrogen (secondary N) is 2. The number of Topliss-reactive ketones (excluding diaryl/α,β-unsaturated/α-hetero) is 3. The number of aromatic nitrogens is 1. The van der Waals surface area contributed by atoms with Crippen LogP contribution in [0.3, 0.4) is 0 Å². The summed E-state index contributed by atoms with van der Waals surface area (Å²) in [6, 6.07) is 8.94. The first-order valence-electron chi connectivity index (χ1n) is 23.6. The summed E-state index contributed by atoms with van der Waals surface area (Å²) in [5.74, 6) is 0.108. The van der Waals surface area contributed by atoms with Crippen molar-refractivity contribution in [3.63, 3.8) is 0 Å². The van der Waals surface area contributed by atoms with Crippen LogP contribution in [-0.4, -0.2) is 136 Å². The van der Waals surface area contributed by atoms with E-state index >= 15 is 0 Å². The van der Waals surface area contributed by atoms with Gasteiger partial charge in [0.1, 0.15) is 5.01 Å². The molecule has 10 atom stereocenters. The van der Waals surface area contributed by atoms with E-state index in [0.29, 0.717) is 6.42 Å². The van der Waals surface area contributed by atoms with Gasteiger partial charge in [0, 0.05) is 11.6 Å². The van der Waals surface area contributed by atoms with Gasteiger partial charge in [-0.3, -0.25) is 0 Å². The quantitative estimate of drug-likeness (QED) is 0.0900. The van der Waals surface area contributed by atoms with Gasteiger partial charge in [-0.1, -0.05) is 30.3 Å². The van der Waals surface area contributed by atoms with E-state index in [1.54, 1.807) is 20.4 Å². The second kappa shape index (κ2) is 24.7. The molecular formula is C50H84InN5O6S. The molecule has 1 fully saturated rings. The van der Waals surface area contributed by atoms with Gasteiger partial charge in [-0.15, -0.1) is 11.3 Å². The average Bonchev–Trinajstić information content (AvgIpc) is 3.96. The van der Waals surface area contributed by atoms with Gasteiger partial charge >= 0.3 is 321 Å². The van der Waals surface area contributed by atoms with Gasteiger partial charge in [0.25, 0.3) is 0 Å². The van der Waals surface area contributed by atoms with E-state index in [0.717, 1.165) is 36.4 Å². The number of hydrogen-bond donors (Lipinski definition) is 2. The summed E-state index contributed by atoms with van der Waals surface area (Å²) in [6.45, 7) is 25.2. The number of ketones is 3. The van der Waals surface area contributed by atoms with E-state index in [1.807, 2.05) is 77.2 Å². The molecule has 1 aliphatic rings. The summed E-state index contributed by atoms with van der Waals surface area (Å²) < 4.78 is 14.8. The monoisotopic (exact) mass is 998 g/mol. The number of thiazole rings is 1. The zero-order chi connectivity index (χ0) is 47.6. The minimum atomic E-state index is -2.90. The summed E-state index contributed by atoms with van der Waals surface area (Å²) in [4.78, 5) is 66.4. The van der Waals surface area contributed by atoms with Crippen LogP contribution >= 0.6 is 11.3 Å². The molecule has 0 aliphatic carbocycles. The molecule has 11 nitrogen and oxygen atoms in total. The fraction of sp³-hybridized carbons (Fsp3) is 0.740. The Labute approximate surface area is 393 Å². The molecule has 63 heavy (non-hydrogen) atoms. The number of ether oxygens (including phenoxy) is 2. The number of rotatable bonds is 27. The fourth-order valence-electron chi connectivity index (χ4n) is 10.3. The maximum absolute atomic E-state index is 14.8. The molecular weight excluding hydrogens is 913 g/mol. The Balaban J connectivity index is 1.83. The van der Waals surface area contributed by atoms with Gasteiger partial charge in [-0.2, -0.15) is 0 Å². The van der Waals surface area contributed by atoms with Crippen molar-refractivity contribution < 1.29 is 28.7 Å². The molecule has 1 saturated heterocycles. The first-order chi connectivity index (χ1) is 29.5. The Bertz CT molecular complexity index is 1730. The normalized spacial score (nSPS) is 19.6. The van der Waals surface area contributed by atoms with Crippen LogP contribution in [0.1, 0.15) is 125 Å². The Morgan fingerprint density at radius 2 is 1.60 bits per heavy atom. The van der Waals surface area contributed by atoms with Crippen molar-refractivity contribution in [3.8, 4) is 0 Å². The second-order valence-corrected chi connectivity index (χ2v) is 31.4. The van der Waals surface area contributed by atoms with Crippen molar-refractivity contribution in [1.82, 2.24) is 25.4 Å². The van der Waals surface area contributed by atoms with Gasteiger partial charge in [-0.25, -0.2) is 4.98 Å². The number of likely N-dealkylation sites (tertiary alicyclic amines) is 1. The summed E-state index contributed by atoms with van der Waals surface area (Å²) in [5, 5.41) is 9.65. The number of nitrogens with zero attached hydrogens (tertiary/aromatic N) is 3. The Morgan fingerprint density at radius 1 is 0.968 bits per heavy atom. The van der Waals surface area contributed by atoms with Gasteiger partial charge in [0.2, 0.25) is 0 Å². The van der Waals surface area contributed by atoms with Gasteiger partial charge in [-0.05, 0) is 12.0 Å². The summed E-state index contributed by atoms with van der Waals surface area (Å²) in [5.41, 5.74) is -0.646. The van der Waals surface area contributed by atoms with Crippen LogP contribution in [0.2, 0.25) is 12.0 Å². The van der Waals surface area contributed by atoms with Crippen molar-refractivity contribution in [2.75, 3.05) is 34.9 Å². The van der Waals surface area contributed by atoms with Crippen LogP contribution in [0.25, 0.3) is 0 Å². The number of hydrogen-bond acceptors (Lipinski definition) is 11. The molecule has 8 unspecified atom stereocenters. The number of benzene rings is 1. The van der Waals surface area contributed by atoms with E-state index in [9.17, 15) is 19.2 Å². The third-order valence-electron chi connectivity index (χ3n) is 14.4. The van der Waals surface area contributed by atoms with Gasteiger partial charge < -0.3 is 0 Å². The Hall–Kier alpha value is -2.00. The predicted molar refractivity (Wildman–Crippen MR) is 260 cm³/mol. The number of amides is 1. The molecule has 1 aromatic carbocycles. The number of carbonyl (C=O) groups excluding carboxylic acids is 4. The molecule has 0 bridgehead atoms. The SMILES string of the molecule is CC[C@H](C)[CH](C(CC(=O)C(C)(C)N1CCCC1C(OC)C(C)C(=O)NC(Cc1ccccc1)c1nccs1)OC)[In]([CH3])[C@@H](C)C(=O)C(NC(C)(C)C(=O)C(C(C)C)N(C)C)C(C)C. The van der Waals surface area contributed by atoms with Crippen LogP contribution in [0.15, 0.2) is 41.9 Å². The van der Waals surface area contributed by atoms with Crippen LogP contribution in [0, 0.1) is 23.7 Å².